The summed E-state index contributed by atoms with van der Waals surface area (Å²) in [6.07, 6.45) is 3.18. The Morgan fingerprint density at radius 3 is 2.70 bits per heavy atom. The minimum atomic E-state index is -1.01. The summed E-state index contributed by atoms with van der Waals surface area (Å²) in [5, 5.41) is 17.8. The van der Waals surface area contributed by atoms with E-state index in [1.807, 2.05) is 0 Å². The maximum atomic E-state index is 10.0. The van der Waals surface area contributed by atoms with Crippen molar-refractivity contribution in [1.82, 2.24) is 0 Å². The van der Waals surface area contributed by atoms with Crippen LogP contribution in [-0.2, 0) is 4.79 Å². The topological polar surface area (TPSA) is 57.5 Å². The van der Waals surface area contributed by atoms with Crippen molar-refractivity contribution in [3.05, 3.63) is 29.6 Å². The minimum absolute atomic E-state index is 0.109. The summed E-state index contributed by atoms with van der Waals surface area (Å²) in [5.41, 5.74) is -0.109. The summed E-state index contributed by atoms with van der Waals surface area (Å²) < 4.78 is 0. The second-order valence-electron chi connectivity index (χ2n) is 1.90. The number of rotatable bonds is 0. The summed E-state index contributed by atoms with van der Waals surface area (Å²) in [7, 11) is 0. The van der Waals surface area contributed by atoms with Crippen molar-refractivity contribution < 1.29 is 15.0 Å². The lowest BCUT2D eigenvalue weighted by Gasteiger charge is -2.08. The zero-order chi connectivity index (χ0) is 7.56. The predicted molar refractivity (Wildman–Crippen MR) is 35.1 cm³/mol. The van der Waals surface area contributed by atoms with E-state index in [0.717, 1.165) is 0 Å². The molecule has 0 amide bonds. The fourth-order valence-corrected chi connectivity index (χ4v) is 0.702. The van der Waals surface area contributed by atoms with E-state index >= 15 is 0 Å². The third kappa shape index (κ3) is 1.00. The molecular weight excluding hydrogens is 132 g/mol. The van der Waals surface area contributed by atoms with Crippen LogP contribution < -0.4 is 0 Å². The van der Waals surface area contributed by atoms with Crippen molar-refractivity contribution in [3.8, 4) is 0 Å². The molecule has 3 heteroatoms. The molecule has 1 unspecified atom stereocenters. The van der Waals surface area contributed by atoms with Crippen molar-refractivity contribution >= 4 is 5.94 Å². The van der Waals surface area contributed by atoms with Crippen LogP contribution in [0.15, 0.2) is 29.6 Å². The van der Waals surface area contributed by atoms with Crippen LogP contribution in [0.1, 0.15) is 0 Å². The second-order valence-corrected chi connectivity index (χ2v) is 1.90. The van der Waals surface area contributed by atoms with Gasteiger partial charge >= 0.3 is 0 Å². The molecule has 0 bridgehead atoms. The summed E-state index contributed by atoms with van der Waals surface area (Å²) in [4.78, 5) is 10.0. The van der Waals surface area contributed by atoms with Crippen LogP contribution in [0.5, 0.6) is 0 Å². The van der Waals surface area contributed by atoms with Crippen molar-refractivity contribution in [1.29, 1.82) is 0 Å². The number of carbonyl (C=O) groups excluding carboxylic acids is 1. The summed E-state index contributed by atoms with van der Waals surface area (Å²) in [6.45, 7) is 0. The predicted octanol–water partition coefficient (Wildman–Crippen LogP) is 0.117. The molecule has 1 atom stereocenters. The summed E-state index contributed by atoms with van der Waals surface area (Å²) in [6, 6.07) is 0. The zero-order valence-corrected chi connectivity index (χ0v) is 5.11. The number of aliphatic hydroxyl groups excluding tert-OH is 2. The van der Waals surface area contributed by atoms with Gasteiger partial charge in [-0.2, -0.15) is 0 Å². The quantitative estimate of drug-likeness (QED) is 0.467. The Hall–Kier alpha value is -1.31. The van der Waals surface area contributed by atoms with E-state index in [2.05, 4.69) is 0 Å². The van der Waals surface area contributed by atoms with Crippen LogP contribution in [0.2, 0.25) is 0 Å². The molecule has 0 fully saturated rings. The molecular formula is C7H6O3. The first-order valence-corrected chi connectivity index (χ1v) is 2.76. The van der Waals surface area contributed by atoms with Gasteiger partial charge in [0.2, 0.25) is 0 Å². The Labute approximate surface area is 57.6 Å². The standard InChI is InChI=1S/C7H6O3/c8-4-5-6(9)2-1-3-7(5)10/h1-3,6,9-10H. The molecule has 0 aliphatic heterocycles. The second kappa shape index (κ2) is 2.52. The van der Waals surface area contributed by atoms with E-state index < -0.39 is 6.10 Å². The van der Waals surface area contributed by atoms with Gasteiger partial charge in [0.1, 0.15) is 23.4 Å². The molecule has 0 saturated carbocycles. The van der Waals surface area contributed by atoms with Crippen LogP contribution in [0.3, 0.4) is 0 Å². The van der Waals surface area contributed by atoms with Gasteiger partial charge in [0.05, 0.1) is 0 Å². The van der Waals surface area contributed by atoms with E-state index in [1.165, 1.54) is 24.2 Å². The van der Waals surface area contributed by atoms with Gasteiger partial charge in [0.15, 0.2) is 0 Å². The lowest BCUT2D eigenvalue weighted by atomic mass is 10.1. The molecule has 0 spiro atoms. The van der Waals surface area contributed by atoms with E-state index in [1.54, 1.807) is 0 Å². The van der Waals surface area contributed by atoms with Gasteiger partial charge in [-0.1, -0.05) is 12.2 Å². The lowest BCUT2D eigenvalue weighted by molar-refractivity contribution is 0.248. The highest BCUT2D eigenvalue weighted by molar-refractivity contribution is 5.63. The highest BCUT2D eigenvalue weighted by Crippen LogP contribution is 2.13. The van der Waals surface area contributed by atoms with Crippen LogP contribution >= 0.6 is 0 Å². The third-order valence-corrected chi connectivity index (χ3v) is 1.23. The van der Waals surface area contributed by atoms with Crippen molar-refractivity contribution in [2.24, 2.45) is 0 Å². The average Bonchev–Trinajstić information content (AvgIpc) is 1.88. The highest BCUT2D eigenvalue weighted by atomic mass is 16.3. The van der Waals surface area contributed by atoms with Gasteiger partial charge in [-0.25, -0.2) is 4.79 Å². The Morgan fingerprint density at radius 1 is 1.60 bits per heavy atom. The molecule has 0 radical (unpaired) electrons. The monoisotopic (exact) mass is 138 g/mol. The molecule has 0 heterocycles. The van der Waals surface area contributed by atoms with Gasteiger partial charge in [-0.15, -0.1) is 0 Å². The Kier molecular flexibility index (Phi) is 1.71. The molecule has 0 aromatic rings. The maximum absolute atomic E-state index is 10.0. The average molecular weight is 138 g/mol. The Bertz CT molecular complexity index is 244. The van der Waals surface area contributed by atoms with Gasteiger partial charge in [-0.3, -0.25) is 0 Å². The van der Waals surface area contributed by atoms with Gasteiger partial charge in [-0.05, 0) is 6.08 Å². The van der Waals surface area contributed by atoms with Crippen LogP contribution in [0.4, 0.5) is 0 Å². The van der Waals surface area contributed by atoms with Crippen LogP contribution in [-0.4, -0.2) is 22.3 Å². The molecule has 1 aliphatic carbocycles. The van der Waals surface area contributed by atoms with E-state index in [4.69, 9.17) is 10.2 Å². The summed E-state index contributed by atoms with van der Waals surface area (Å²) in [5.74, 6) is 1.23. The van der Waals surface area contributed by atoms with Gasteiger partial charge in [0, 0.05) is 0 Å². The van der Waals surface area contributed by atoms with Gasteiger partial charge in [0.25, 0.3) is 0 Å². The zero-order valence-electron chi connectivity index (χ0n) is 5.11. The normalized spacial score (nSPS) is 23.9. The molecule has 1 aliphatic rings. The molecule has 1 rings (SSSR count). The number of aliphatic hydroxyl groups is 2. The molecule has 0 saturated heterocycles. The van der Waals surface area contributed by atoms with Gasteiger partial charge < -0.3 is 10.2 Å². The first-order chi connectivity index (χ1) is 4.75. The molecule has 0 aromatic heterocycles. The maximum Gasteiger partial charge on any atom is 0.134 e. The van der Waals surface area contributed by atoms with E-state index in [-0.39, 0.29) is 11.3 Å². The first-order valence-electron chi connectivity index (χ1n) is 2.76. The SMILES string of the molecule is O=C=C1C(O)=CC=CC1O. The molecule has 2 N–H and O–H groups in total. The van der Waals surface area contributed by atoms with Crippen LogP contribution in [0.25, 0.3) is 0 Å². The fourth-order valence-electron chi connectivity index (χ4n) is 0.702. The minimum Gasteiger partial charge on any atom is -0.507 e. The van der Waals surface area contributed by atoms with E-state index in [9.17, 15) is 4.79 Å². The summed E-state index contributed by atoms with van der Waals surface area (Å²) >= 11 is 0. The fraction of sp³-hybridized carbons (Fsp3) is 0.143. The number of hydrogen-bond donors (Lipinski definition) is 2. The number of allylic oxidation sites excluding steroid dienone is 2. The lowest BCUT2D eigenvalue weighted by Crippen LogP contribution is -2.11. The van der Waals surface area contributed by atoms with Crippen LogP contribution in [0, 0.1) is 0 Å². The smallest absolute Gasteiger partial charge is 0.134 e. The first kappa shape index (κ1) is 6.81. The molecule has 3 nitrogen and oxygen atoms in total. The Balaban J connectivity index is 3.04. The van der Waals surface area contributed by atoms with Crippen molar-refractivity contribution in [3.63, 3.8) is 0 Å². The largest absolute Gasteiger partial charge is 0.507 e. The Morgan fingerprint density at radius 2 is 2.30 bits per heavy atom. The molecule has 0 aromatic carbocycles. The highest BCUT2D eigenvalue weighted by Gasteiger charge is 2.15. The van der Waals surface area contributed by atoms with Crippen molar-refractivity contribution in [2.45, 2.75) is 6.10 Å². The molecule has 52 valence electrons. The third-order valence-electron chi connectivity index (χ3n) is 1.23. The van der Waals surface area contributed by atoms with Crippen molar-refractivity contribution in [2.75, 3.05) is 0 Å². The number of hydrogen-bond acceptors (Lipinski definition) is 3. The van der Waals surface area contributed by atoms with E-state index in [0.29, 0.717) is 0 Å². The molecule has 10 heavy (non-hydrogen) atoms.